The van der Waals surface area contributed by atoms with Crippen molar-refractivity contribution in [2.24, 2.45) is 0 Å². The smallest absolute Gasteiger partial charge is 0.254 e. The second-order valence-electron chi connectivity index (χ2n) is 5.15. The largest absolute Gasteiger partial charge is 0.335 e. The molecule has 4 heteroatoms. The van der Waals surface area contributed by atoms with Crippen molar-refractivity contribution < 1.29 is 4.79 Å². The van der Waals surface area contributed by atoms with E-state index in [0.717, 1.165) is 36.9 Å². The summed E-state index contributed by atoms with van der Waals surface area (Å²) in [6, 6.07) is 10.3. The summed E-state index contributed by atoms with van der Waals surface area (Å²) in [7, 11) is 1.91. The molecule has 1 aromatic carbocycles. The Kier molecular flexibility index (Phi) is 5.14. The van der Waals surface area contributed by atoms with Gasteiger partial charge in [0.1, 0.15) is 0 Å². The fourth-order valence-corrected chi connectivity index (χ4v) is 2.37. The fourth-order valence-electron chi connectivity index (χ4n) is 2.37. The number of carbonyl (C=O) groups excluding carboxylic acids is 1. The Bertz CT molecular complexity index is 503. The minimum atomic E-state index is 0.0782. The van der Waals surface area contributed by atoms with E-state index in [2.05, 4.69) is 11.4 Å². The van der Waals surface area contributed by atoms with Gasteiger partial charge in [-0.15, -0.1) is 0 Å². The van der Waals surface area contributed by atoms with Gasteiger partial charge < -0.3 is 10.2 Å². The summed E-state index contributed by atoms with van der Waals surface area (Å²) >= 11 is 0. The molecule has 0 bridgehead atoms. The molecule has 4 nitrogen and oxygen atoms in total. The van der Waals surface area contributed by atoms with Gasteiger partial charge in [-0.2, -0.15) is 5.26 Å². The molecular weight excluding hydrogens is 250 g/mol. The van der Waals surface area contributed by atoms with E-state index in [1.165, 1.54) is 0 Å². The summed E-state index contributed by atoms with van der Waals surface area (Å²) in [6.45, 7) is 1.40. The average molecular weight is 271 g/mol. The number of benzene rings is 1. The lowest BCUT2D eigenvalue weighted by molar-refractivity contribution is 0.0745. The average Bonchev–Trinajstić information content (AvgIpc) is 3.30. The quantitative estimate of drug-likeness (QED) is 0.825. The zero-order valence-electron chi connectivity index (χ0n) is 11.9. The Morgan fingerprint density at radius 1 is 1.45 bits per heavy atom. The summed E-state index contributed by atoms with van der Waals surface area (Å²) in [6.07, 6.45) is 3.38. The standard InChI is InChI=1S/C16H21N3O/c1-18-11-9-13-5-2-3-6-15(13)16(20)19(12-4-10-17)14-7-8-14/h2-3,5-6,14,18H,4,7-9,11-12H2,1H3. The van der Waals surface area contributed by atoms with Crippen LogP contribution in [0.1, 0.15) is 35.2 Å². The van der Waals surface area contributed by atoms with Gasteiger partial charge in [0.05, 0.1) is 12.5 Å². The van der Waals surface area contributed by atoms with Crippen molar-refractivity contribution in [2.45, 2.75) is 31.7 Å². The number of rotatable bonds is 7. The Labute approximate surface area is 120 Å². The molecular formula is C16H21N3O. The minimum Gasteiger partial charge on any atom is -0.335 e. The van der Waals surface area contributed by atoms with E-state index in [0.29, 0.717) is 19.0 Å². The van der Waals surface area contributed by atoms with Gasteiger partial charge in [-0.1, -0.05) is 18.2 Å². The molecule has 1 aliphatic rings. The number of hydrogen-bond acceptors (Lipinski definition) is 3. The van der Waals surface area contributed by atoms with Crippen molar-refractivity contribution in [1.29, 1.82) is 5.26 Å². The van der Waals surface area contributed by atoms with Gasteiger partial charge in [0.25, 0.3) is 5.91 Å². The lowest BCUT2D eigenvalue weighted by Crippen LogP contribution is -2.34. The van der Waals surface area contributed by atoms with Gasteiger partial charge in [-0.3, -0.25) is 4.79 Å². The molecule has 0 saturated heterocycles. The van der Waals surface area contributed by atoms with Crippen LogP contribution in [0.4, 0.5) is 0 Å². The number of hydrogen-bond donors (Lipinski definition) is 1. The summed E-state index contributed by atoms with van der Waals surface area (Å²) in [5, 5.41) is 11.9. The minimum absolute atomic E-state index is 0.0782. The number of nitriles is 1. The third-order valence-corrected chi connectivity index (χ3v) is 3.61. The number of amides is 1. The third kappa shape index (κ3) is 3.58. The Hall–Kier alpha value is -1.86. The normalized spacial score (nSPS) is 13.8. The Morgan fingerprint density at radius 3 is 2.85 bits per heavy atom. The highest BCUT2D eigenvalue weighted by molar-refractivity contribution is 5.96. The number of nitrogens with one attached hydrogen (secondary N) is 1. The molecule has 2 rings (SSSR count). The first-order valence-electron chi connectivity index (χ1n) is 7.18. The molecule has 0 radical (unpaired) electrons. The van der Waals surface area contributed by atoms with Crippen LogP contribution in [0.2, 0.25) is 0 Å². The molecule has 0 heterocycles. The fraction of sp³-hybridized carbons (Fsp3) is 0.500. The van der Waals surface area contributed by atoms with Crippen molar-refractivity contribution >= 4 is 5.91 Å². The van der Waals surface area contributed by atoms with Crippen LogP contribution in [-0.2, 0) is 6.42 Å². The first-order valence-corrected chi connectivity index (χ1v) is 7.18. The topological polar surface area (TPSA) is 56.1 Å². The van der Waals surface area contributed by atoms with Crippen molar-refractivity contribution in [3.63, 3.8) is 0 Å². The SMILES string of the molecule is CNCCc1ccccc1C(=O)N(CCC#N)C1CC1. The van der Waals surface area contributed by atoms with Gasteiger partial charge in [0.15, 0.2) is 0 Å². The molecule has 1 saturated carbocycles. The molecule has 0 spiro atoms. The van der Waals surface area contributed by atoms with E-state index >= 15 is 0 Å². The molecule has 20 heavy (non-hydrogen) atoms. The molecule has 0 atom stereocenters. The van der Waals surface area contributed by atoms with Crippen molar-refractivity contribution in [3.8, 4) is 6.07 Å². The predicted molar refractivity (Wildman–Crippen MR) is 78.4 cm³/mol. The van der Waals surface area contributed by atoms with Gasteiger partial charge in [-0.25, -0.2) is 0 Å². The maximum absolute atomic E-state index is 12.7. The first kappa shape index (κ1) is 14.5. The molecule has 1 aromatic rings. The van der Waals surface area contributed by atoms with Crippen LogP contribution >= 0.6 is 0 Å². The maximum atomic E-state index is 12.7. The van der Waals surface area contributed by atoms with Crippen molar-refractivity contribution in [2.75, 3.05) is 20.1 Å². The summed E-state index contributed by atoms with van der Waals surface area (Å²) < 4.78 is 0. The van der Waals surface area contributed by atoms with Crippen LogP contribution < -0.4 is 5.32 Å². The highest BCUT2D eigenvalue weighted by Crippen LogP contribution is 2.29. The van der Waals surface area contributed by atoms with E-state index in [4.69, 9.17) is 5.26 Å². The summed E-state index contributed by atoms with van der Waals surface area (Å²) in [4.78, 5) is 14.6. The highest BCUT2D eigenvalue weighted by atomic mass is 16.2. The second kappa shape index (κ2) is 7.06. The monoisotopic (exact) mass is 271 g/mol. The van der Waals surface area contributed by atoms with Gasteiger partial charge in [0.2, 0.25) is 0 Å². The summed E-state index contributed by atoms with van der Waals surface area (Å²) in [5.74, 6) is 0.0782. The molecule has 0 unspecified atom stereocenters. The molecule has 106 valence electrons. The van der Waals surface area contributed by atoms with Crippen LogP contribution in [-0.4, -0.2) is 37.0 Å². The van der Waals surface area contributed by atoms with E-state index in [1.54, 1.807) is 0 Å². The zero-order valence-corrected chi connectivity index (χ0v) is 11.9. The van der Waals surface area contributed by atoms with Crippen LogP contribution in [0.15, 0.2) is 24.3 Å². The number of nitrogens with zero attached hydrogens (tertiary/aromatic N) is 2. The molecule has 1 N–H and O–H groups in total. The molecule has 0 aliphatic heterocycles. The first-order chi connectivity index (χ1) is 9.77. The highest BCUT2D eigenvalue weighted by Gasteiger charge is 2.33. The maximum Gasteiger partial charge on any atom is 0.254 e. The van der Waals surface area contributed by atoms with Gasteiger partial charge in [-0.05, 0) is 44.5 Å². The predicted octanol–water partition coefficient (Wildman–Crippen LogP) is 1.97. The lowest BCUT2D eigenvalue weighted by Gasteiger charge is -2.22. The van der Waals surface area contributed by atoms with E-state index in [1.807, 2.05) is 36.2 Å². The lowest BCUT2D eigenvalue weighted by atomic mass is 10.0. The zero-order chi connectivity index (χ0) is 14.4. The summed E-state index contributed by atoms with van der Waals surface area (Å²) in [5.41, 5.74) is 1.86. The van der Waals surface area contributed by atoms with Gasteiger partial charge >= 0.3 is 0 Å². The van der Waals surface area contributed by atoms with E-state index < -0.39 is 0 Å². The molecule has 1 aliphatic carbocycles. The van der Waals surface area contributed by atoms with E-state index in [9.17, 15) is 4.79 Å². The van der Waals surface area contributed by atoms with Crippen molar-refractivity contribution in [1.82, 2.24) is 10.2 Å². The van der Waals surface area contributed by atoms with Crippen LogP contribution in [0.5, 0.6) is 0 Å². The molecule has 1 amide bonds. The molecule has 0 aromatic heterocycles. The van der Waals surface area contributed by atoms with Gasteiger partial charge in [0, 0.05) is 18.2 Å². The van der Waals surface area contributed by atoms with Crippen molar-refractivity contribution in [3.05, 3.63) is 35.4 Å². The van der Waals surface area contributed by atoms with Crippen LogP contribution in [0.3, 0.4) is 0 Å². The number of likely N-dealkylation sites (N-methyl/N-ethyl adjacent to an activating group) is 1. The Balaban J connectivity index is 2.15. The number of carbonyl (C=O) groups is 1. The van der Waals surface area contributed by atoms with Crippen LogP contribution in [0.25, 0.3) is 0 Å². The Morgan fingerprint density at radius 2 is 2.20 bits per heavy atom. The third-order valence-electron chi connectivity index (χ3n) is 3.61. The molecule has 1 fully saturated rings. The second-order valence-corrected chi connectivity index (χ2v) is 5.15. The van der Waals surface area contributed by atoms with E-state index in [-0.39, 0.29) is 5.91 Å². The van der Waals surface area contributed by atoms with Crippen LogP contribution in [0, 0.1) is 11.3 Å².